The number of carbonyl (C=O) groups is 1. The quantitative estimate of drug-likeness (QED) is 0.246. The molecule has 0 aromatic carbocycles. The third-order valence-corrected chi connectivity index (χ3v) is 2.16. The first kappa shape index (κ1) is 12.7. The number of oxime groups is 1. The molecular weight excluding hydrogens is 186 g/mol. The predicted octanol–water partition coefficient (Wildman–Crippen LogP) is -0.336. The van der Waals surface area contributed by atoms with Crippen molar-refractivity contribution in [1.29, 1.82) is 0 Å². The van der Waals surface area contributed by atoms with Crippen LogP contribution in [-0.2, 0) is 9.53 Å². The monoisotopic (exact) mass is 203 g/mol. The number of amides is 1. The standard InChI is InChI=1S/C8H17N3O3/c1-4-8(2,14-3)7(12)10-5-6(9)11-13/h13H,4-5H2,1-3H3,(H2,9,11)(H,10,12). The van der Waals surface area contributed by atoms with Gasteiger partial charge in [-0.25, -0.2) is 0 Å². The smallest absolute Gasteiger partial charge is 0.252 e. The lowest BCUT2D eigenvalue weighted by atomic mass is 10.0. The minimum absolute atomic E-state index is 0.00822. The maximum Gasteiger partial charge on any atom is 0.252 e. The number of nitrogens with one attached hydrogen (secondary N) is 1. The maximum absolute atomic E-state index is 11.5. The third-order valence-electron chi connectivity index (χ3n) is 2.16. The van der Waals surface area contributed by atoms with Crippen molar-refractivity contribution in [3.05, 3.63) is 0 Å². The van der Waals surface area contributed by atoms with Gasteiger partial charge in [0.25, 0.3) is 5.91 Å². The summed E-state index contributed by atoms with van der Waals surface area (Å²) in [5, 5.41) is 13.5. The number of rotatable bonds is 5. The van der Waals surface area contributed by atoms with E-state index in [-0.39, 0.29) is 18.3 Å². The van der Waals surface area contributed by atoms with Gasteiger partial charge in [-0.05, 0) is 13.3 Å². The second-order valence-electron chi connectivity index (χ2n) is 3.06. The van der Waals surface area contributed by atoms with Crippen LogP contribution in [0.1, 0.15) is 20.3 Å². The van der Waals surface area contributed by atoms with Gasteiger partial charge in [-0.15, -0.1) is 0 Å². The van der Waals surface area contributed by atoms with Gasteiger partial charge in [-0.2, -0.15) is 0 Å². The average molecular weight is 203 g/mol. The van der Waals surface area contributed by atoms with Crippen LogP contribution >= 0.6 is 0 Å². The topological polar surface area (TPSA) is 96.9 Å². The Labute approximate surface area is 83.1 Å². The van der Waals surface area contributed by atoms with Gasteiger partial charge in [0.05, 0.1) is 6.54 Å². The lowest BCUT2D eigenvalue weighted by Gasteiger charge is -2.24. The summed E-state index contributed by atoms with van der Waals surface area (Å²) in [6.07, 6.45) is 0.547. The van der Waals surface area contributed by atoms with E-state index in [9.17, 15) is 4.79 Å². The summed E-state index contributed by atoms with van der Waals surface area (Å²) < 4.78 is 5.06. The minimum Gasteiger partial charge on any atom is -0.409 e. The van der Waals surface area contributed by atoms with Gasteiger partial charge in [0.15, 0.2) is 5.84 Å². The van der Waals surface area contributed by atoms with Crippen LogP contribution in [0.3, 0.4) is 0 Å². The van der Waals surface area contributed by atoms with Crippen LogP contribution < -0.4 is 11.1 Å². The van der Waals surface area contributed by atoms with Crippen LogP contribution in [-0.4, -0.2) is 36.2 Å². The lowest BCUT2D eigenvalue weighted by molar-refractivity contribution is -0.141. The van der Waals surface area contributed by atoms with E-state index < -0.39 is 5.60 Å². The Bertz CT molecular complexity index is 224. The summed E-state index contributed by atoms with van der Waals surface area (Å²) in [4.78, 5) is 11.5. The highest BCUT2D eigenvalue weighted by atomic mass is 16.5. The number of nitrogens with two attached hydrogens (primary N) is 1. The van der Waals surface area contributed by atoms with Crippen LogP contribution in [0.2, 0.25) is 0 Å². The van der Waals surface area contributed by atoms with E-state index in [0.29, 0.717) is 6.42 Å². The first-order valence-electron chi connectivity index (χ1n) is 4.30. The molecule has 0 aromatic rings. The van der Waals surface area contributed by atoms with Crippen molar-refractivity contribution in [1.82, 2.24) is 5.32 Å². The van der Waals surface area contributed by atoms with Gasteiger partial charge in [0.1, 0.15) is 5.60 Å². The molecular formula is C8H17N3O3. The number of ether oxygens (including phenoxy) is 1. The molecule has 0 saturated heterocycles. The fraction of sp³-hybridized carbons (Fsp3) is 0.750. The molecule has 0 bridgehead atoms. The molecule has 0 saturated carbocycles. The normalized spacial score (nSPS) is 16.1. The van der Waals surface area contributed by atoms with Gasteiger partial charge in [-0.1, -0.05) is 12.1 Å². The van der Waals surface area contributed by atoms with Gasteiger partial charge >= 0.3 is 0 Å². The highest BCUT2D eigenvalue weighted by molar-refractivity contribution is 5.90. The van der Waals surface area contributed by atoms with Gasteiger partial charge in [0, 0.05) is 7.11 Å². The molecule has 6 heteroatoms. The fourth-order valence-electron chi connectivity index (χ4n) is 0.791. The molecule has 6 nitrogen and oxygen atoms in total. The Morgan fingerprint density at radius 1 is 1.71 bits per heavy atom. The summed E-state index contributed by atoms with van der Waals surface area (Å²) in [7, 11) is 1.46. The van der Waals surface area contributed by atoms with Crippen molar-refractivity contribution in [2.24, 2.45) is 10.9 Å². The Hall–Kier alpha value is -1.30. The van der Waals surface area contributed by atoms with Crippen LogP contribution in [0.4, 0.5) is 0 Å². The molecule has 1 amide bonds. The van der Waals surface area contributed by atoms with Crippen LogP contribution in [0.25, 0.3) is 0 Å². The van der Waals surface area contributed by atoms with E-state index in [4.69, 9.17) is 15.7 Å². The SMILES string of the molecule is CCC(C)(OC)C(=O)NCC(N)=NO. The Kier molecular flexibility index (Phi) is 4.93. The van der Waals surface area contributed by atoms with Crippen LogP contribution in [0, 0.1) is 0 Å². The molecule has 1 atom stereocenters. The first-order valence-corrected chi connectivity index (χ1v) is 4.30. The number of methoxy groups -OCH3 is 1. The largest absolute Gasteiger partial charge is 0.409 e. The molecule has 0 fully saturated rings. The zero-order valence-corrected chi connectivity index (χ0v) is 8.70. The van der Waals surface area contributed by atoms with Gasteiger partial charge in [0.2, 0.25) is 0 Å². The van der Waals surface area contributed by atoms with Crippen molar-refractivity contribution >= 4 is 11.7 Å². The molecule has 82 valence electrons. The fourth-order valence-corrected chi connectivity index (χ4v) is 0.791. The molecule has 0 radical (unpaired) electrons. The van der Waals surface area contributed by atoms with Gasteiger partial charge < -0.3 is 21.0 Å². The molecule has 0 aromatic heterocycles. The van der Waals surface area contributed by atoms with Crippen molar-refractivity contribution in [2.75, 3.05) is 13.7 Å². The first-order chi connectivity index (χ1) is 6.50. The molecule has 0 aliphatic heterocycles. The molecule has 0 aliphatic rings. The number of amidine groups is 1. The Morgan fingerprint density at radius 3 is 2.64 bits per heavy atom. The van der Waals surface area contributed by atoms with E-state index >= 15 is 0 Å². The zero-order chi connectivity index (χ0) is 11.2. The lowest BCUT2D eigenvalue weighted by Crippen LogP contribution is -2.47. The van der Waals surface area contributed by atoms with Crippen molar-refractivity contribution in [2.45, 2.75) is 25.9 Å². The summed E-state index contributed by atoms with van der Waals surface area (Å²) >= 11 is 0. The highest BCUT2D eigenvalue weighted by Crippen LogP contribution is 2.13. The number of hydrogen-bond donors (Lipinski definition) is 3. The van der Waals surface area contributed by atoms with E-state index in [1.54, 1.807) is 6.92 Å². The van der Waals surface area contributed by atoms with E-state index in [1.807, 2.05) is 6.92 Å². The van der Waals surface area contributed by atoms with Crippen LogP contribution in [0.5, 0.6) is 0 Å². The second-order valence-corrected chi connectivity index (χ2v) is 3.06. The molecule has 0 heterocycles. The summed E-state index contributed by atoms with van der Waals surface area (Å²) in [5.74, 6) is -0.331. The maximum atomic E-state index is 11.5. The molecule has 14 heavy (non-hydrogen) atoms. The Morgan fingerprint density at radius 2 is 2.29 bits per heavy atom. The van der Waals surface area contributed by atoms with E-state index in [2.05, 4.69) is 10.5 Å². The summed E-state index contributed by atoms with van der Waals surface area (Å²) in [6.45, 7) is 3.52. The van der Waals surface area contributed by atoms with Crippen molar-refractivity contribution in [3.8, 4) is 0 Å². The molecule has 4 N–H and O–H groups in total. The molecule has 0 spiro atoms. The van der Waals surface area contributed by atoms with Crippen molar-refractivity contribution in [3.63, 3.8) is 0 Å². The number of carbonyl (C=O) groups excluding carboxylic acids is 1. The predicted molar refractivity (Wildman–Crippen MR) is 52.1 cm³/mol. The second kappa shape index (κ2) is 5.43. The van der Waals surface area contributed by atoms with E-state index in [1.165, 1.54) is 7.11 Å². The number of nitrogens with zero attached hydrogens (tertiary/aromatic N) is 1. The minimum atomic E-state index is -0.865. The summed E-state index contributed by atoms with van der Waals surface area (Å²) in [6, 6.07) is 0. The number of hydrogen-bond acceptors (Lipinski definition) is 4. The Balaban J connectivity index is 4.20. The zero-order valence-electron chi connectivity index (χ0n) is 8.70. The molecule has 0 aliphatic carbocycles. The van der Waals surface area contributed by atoms with Crippen molar-refractivity contribution < 1.29 is 14.7 Å². The third kappa shape index (κ3) is 3.21. The van der Waals surface area contributed by atoms with Crippen LogP contribution in [0.15, 0.2) is 5.16 Å². The highest BCUT2D eigenvalue weighted by Gasteiger charge is 2.30. The van der Waals surface area contributed by atoms with Gasteiger partial charge in [-0.3, -0.25) is 4.79 Å². The summed E-state index contributed by atoms with van der Waals surface area (Å²) in [5.41, 5.74) is 4.33. The molecule has 1 unspecified atom stereocenters. The average Bonchev–Trinajstić information content (AvgIpc) is 2.23. The van der Waals surface area contributed by atoms with E-state index in [0.717, 1.165) is 0 Å². The molecule has 0 rings (SSSR count).